The first-order valence-electron chi connectivity index (χ1n) is 11.9. The number of halogens is 1. The Hall–Kier alpha value is -3.10. The van der Waals surface area contributed by atoms with Crippen LogP contribution in [0.25, 0.3) is 22.8 Å². The third-order valence-electron chi connectivity index (χ3n) is 7.42. The monoisotopic (exact) mass is 449 g/mol. The maximum Gasteiger partial charge on any atom is 0.185 e. The van der Waals surface area contributed by atoms with Crippen LogP contribution in [0.1, 0.15) is 44.9 Å². The number of hydrogen-bond acceptors (Lipinski definition) is 7. The number of fused-ring (bicyclic) bond motifs is 2. The Morgan fingerprint density at radius 1 is 1.06 bits per heavy atom. The van der Waals surface area contributed by atoms with Crippen molar-refractivity contribution < 1.29 is 9.50 Å². The van der Waals surface area contributed by atoms with Crippen LogP contribution in [0.15, 0.2) is 30.7 Å². The first-order valence-corrected chi connectivity index (χ1v) is 11.9. The van der Waals surface area contributed by atoms with Crippen LogP contribution in [0, 0.1) is 11.8 Å². The SMILES string of the molecule is Cn1cnc(-c2ccc(-c3ncc(N(C4CC4)[C@H]4C[C@@H]5CCC[C@@H](C5)[C@H]4F)nn3)c(O)c2)n1. The lowest BCUT2D eigenvalue weighted by atomic mass is 9.69. The van der Waals surface area contributed by atoms with Crippen molar-refractivity contribution in [1.82, 2.24) is 29.9 Å². The maximum atomic E-state index is 15.5. The molecule has 33 heavy (non-hydrogen) atoms. The molecule has 172 valence electrons. The maximum absolute atomic E-state index is 15.5. The van der Waals surface area contributed by atoms with Crippen molar-refractivity contribution in [1.29, 1.82) is 0 Å². The molecule has 0 radical (unpaired) electrons. The number of rotatable bonds is 5. The van der Waals surface area contributed by atoms with Gasteiger partial charge in [-0.2, -0.15) is 5.10 Å². The summed E-state index contributed by atoms with van der Waals surface area (Å²) in [6.45, 7) is 0. The molecule has 3 aliphatic rings. The normalized spacial score (nSPS) is 26.8. The molecule has 2 aromatic heterocycles. The lowest BCUT2D eigenvalue weighted by molar-refractivity contribution is 0.0631. The van der Waals surface area contributed by atoms with Crippen molar-refractivity contribution in [2.24, 2.45) is 18.9 Å². The average molecular weight is 450 g/mol. The van der Waals surface area contributed by atoms with E-state index in [4.69, 9.17) is 0 Å². The van der Waals surface area contributed by atoms with Crippen molar-refractivity contribution in [3.05, 3.63) is 30.7 Å². The number of nitrogens with zero attached hydrogens (tertiary/aromatic N) is 7. The van der Waals surface area contributed by atoms with E-state index in [-0.39, 0.29) is 17.7 Å². The van der Waals surface area contributed by atoms with Gasteiger partial charge in [0.1, 0.15) is 18.2 Å². The first-order chi connectivity index (χ1) is 16.1. The number of alkyl halides is 1. The fourth-order valence-corrected chi connectivity index (χ4v) is 5.71. The highest BCUT2D eigenvalue weighted by molar-refractivity contribution is 5.70. The van der Waals surface area contributed by atoms with E-state index in [0.717, 1.165) is 38.5 Å². The number of benzene rings is 1. The molecule has 8 nitrogen and oxygen atoms in total. The third kappa shape index (κ3) is 3.83. The number of anilines is 1. The molecule has 4 atom stereocenters. The van der Waals surface area contributed by atoms with E-state index >= 15 is 4.39 Å². The number of phenols is 1. The van der Waals surface area contributed by atoms with Crippen LogP contribution in [0.5, 0.6) is 5.75 Å². The van der Waals surface area contributed by atoms with Crippen LogP contribution in [0.2, 0.25) is 0 Å². The summed E-state index contributed by atoms with van der Waals surface area (Å²) in [7, 11) is 1.79. The zero-order valence-electron chi connectivity index (χ0n) is 18.7. The summed E-state index contributed by atoms with van der Waals surface area (Å²) in [6.07, 6.45) is 9.89. The van der Waals surface area contributed by atoms with Gasteiger partial charge in [-0.1, -0.05) is 18.9 Å². The predicted octanol–water partition coefficient (Wildman–Crippen LogP) is 3.93. The van der Waals surface area contributed by atoms with Crippen LogP contribution >= 0.6 is 0 Å². The Morgan fingerprint density at radius 3 is 2.64 bits per heavy atom. The topological polar surface area (TPSA) is 92.9 Å². The van der Waals surface area contributed by atoms with Gasteiger partial charge in [0.15, 0.2) is 17.5 Å². The smallest absolute Gasteiger partial charge is 0.185 e. The Bertz CT molecular complexity index is 1150. The number of hydrogen-bond donors (Lipinski definition) is 1. The first kappa shape index (κ1) is 20.5. The second-order valence-corrected chi connectivity index (χ2v) is 9.79. The van der Waals surface area contributed by atoms with Crippen molar-refractivity contribution in [3.63, 3.8) is 0 Å². The standard InChI is InChI=1S/C24H28FN7O/c1-31-13-27-23(30-31)16-5-8-18(20(33)11-16)24-26-12-21(28-29-24)32(17-6-7-17)19-10-14-3-2-4-15(9-14)22(19)25/h5,8,11-15,17,19,22,33H,2-4,6-7,9-10H2,1H3/t14-,15+,19+,22-/m1/s1. The summed E-state index contributed by atoms with van der Waals surface area (Å²) in [4.78, 5) is 10.9. The number of aryl methyl sites for hydroxylation is 1. The molecule has 1 aromatic carbocycles. The molecule has 3 saturated carbocycles. The van der Waals surface area contributed by atoms with Crippen molar-refractivity contribution >= 4 is 5.82 Å². The highest BCUT2D eigenvalue weighted by atomic mass is 19.1. The summed E-state index contributed by atoms with van der Waals surface area (Å²) < 4.78 is 17.1. The lowest BCUT2D eigenvalue weighted by Crippen LogP contribution is -2.52. The molecule has 0 unspecified atom stereocenters. The molecule has 0 aliphatic heterocycles. The minimum Gasteiger partial charge on any atom is -0.507 e. The largest absolute Gasteiger partial charge is 0.507 e. The molecule has 3 fully saturated rings. The molecule has 2 bridgehead atoms. The Labute approximate surface area is 191 Å². The van der Waals surface area contributed by atoms with Crippen LogP contribution in [-0.4, -0.2) is 53.3 Å². The second kappa shape index (κ2) is 8.04. The van der Waals surface area contributed by atoms with E-state index in [9.17, 15) is 5.11 Å². The van der Waals surface area contributed by atoms with Crippen molar-refractivity contribution in [2.75, 3.05) is 4.90 Å². The second-order valence-electron chi connectivity index (χ2n) is 9.79. The van der Waals surface area contributed by atoms with Gasteiger partial charge in [-0.3, -0.25) is 4.68 Å². The van der Waals surface area contributed by atoms with Crippen LogP contribution in [0.4, 0.5) is 10.2 Å². The molecule has 0 saturated heterocycles. The quantitative estimate of drug-likeness (QED) is 0.631. The van der Waals surface area contributed by atoms with Gasteiger partial charge in [0.05, 0.1) is 17.8 Å². The molecular weight excluding hydrogens is 421 g/mol. The summed E-state index contributed by atoms with van der Waals surface area (Å²) in [5, 5.41) is 23.6. The number of aromatic hydroxyl groups is 1. The number of phenolic OH excluding ortho intramolecular Hbond substituents is 1. The summed E-state index contributed by atoms with van der Waals surface area (Å²) in [6, 6.07) is 5.37. The van der Waals surface area contributed by atoms with Gasteiger partial charge in [-0.25, -0.2) is 14.4 Å². The van der Waals surface area contributed by atoms with Crippen LogP contribution in [-0.2, 0) is 7.05 Å². The van der Waals surface area contributed by atoms with E-state index in [1.165, 1.54) is 6.42 Å². The van der Waals surface area contributed by atoms with E-state index in [1.807, 2.05) is 6.07 Å². The van der Waals surface area contributed by atoms with Gasteiger partial charge in [-0.05, 0) is 56.1 Å². The van der Waals surface area contributed by atoms with Gasteiger partial charge < -0.3 is 10.0 Å². The average Bonchev–Trinajstić information content (AvgIpc) is 3.57. The fraction of sp³-hybridized carbons (Fsp3) is 0.542. The Kier molecular flexibility index (Phi) is 4.99. The van der Waals surface area contributed by atoms with E-state index in [2.05, 4.69) is 30.2 Å². The fourth-order valence-electron chi connectivity index (χ4n) is 5.71. The summed E-state index contributed by atoms with van der Waals surface area (Å²) in [5.41, 5.74) is 1.19. The summed E-state index contributed by atoms with van der Waals surface area (Å²) >= 11 is 0. The number of aromatic nitrogens is 6. The lowest BCUT2D eigenvalue weighted by Gasteiger charge is -2.46. The van der Waals surface area contributed by atoms with Crippen molar-refractivity contribution in [2.45, 2.75) is 63.2 Å². The molecule has 0 spiro atoms. The Balaban J connectivity index is 1.26. The zero-order valence-corrected chi connectivity index (χ0v) is 18.7. The molecule has 9 heteroatoms. The molecular formula is C24H28FN7O. The van der Waals surface area contributed by atoms with E-state index in [1.54, 1.807) is 36.4 Å². The van der Waals surface area contributed by atoms with Crippen LogP contribution in [0.3, 0.4) is 0 Å². The molecule has 1 N–H and O–H groups in total. The van der Waals surface area contributed by atoms with Gasteiger partial charge in [0, 0.05) is 18.7 Å². The highest BCUT2D eigenvalue weighted by Crippen LogP contribution is 2.46. The molecule has 6 rings (SSSR count). The van der Waals surface area contributed by atoms with E-state index in [0.29, 0.717) is 40.6 Å². The van der Waals surface area contributed by atoms with Gasteiger partial charge in [-0.15, -0.1) is 10.2 Å². The predicted molar refractivity (Wildman–Crippen MR) is 121 cm³/mol. The van der Waals surface area contributed by atoms with Gasteiger partial charge in [0.25, 0.3) is 0 Å². The highest BCUT2D eigenvalue weighted by Gasteiger charge is 2.46. The van der Waals surface area contributed by atoms with Crippen molar-refractivity contribution in [3.8, 4) is 28.5 Å². The van der Waals surface area contributed by atoms with Gasteiger partial charge >= 0.3 is 0 Å². The minimum atomic E-state index is -0.819. The van der Waals surface area contributed by atoms with Gasteiger partial charge in [0.2, 0.25) is 0 Å². The minimum absolute atomic E-state index is 0.0393. The Morgan fingerprint density at radius 2 is 1.94 bits per heavy atom. The van der Waals surface area contributed by atoms with E-state index < -0.39 is 6.17 Å². The van der Waals surface area contributed by atoms with Crippen LogP contribution < -0.4 is 4.90 Å². The molecule has 3 aromatic rings. The molecule has 0 amide bonds. The molecule has 2 heterocycles. The third-order valence-corrected chi connectivity index (χ3v) is 7.42. The zero-order chi connectivity index (χ0) is 22.5. The molecule has 3 aliphatic carbocycles. The summed E-state index contributed by atoms with van der Waals surface area (Å²) in [5.74, 6) is 2.34.